The number of isocyanates is 1. The molecule has 0 saturated heterocycles. The lowest BCUT2D eigenvalue weighted by Crippen LogP contribution is -1.83. The first-order valence-corrected chi connectivity index (χ1v) is 4.05. The van der Waals surface area contributed by atoms with Crippen LogP contribution in [0.3, 0.4) is 0 Å². The number of nitrogens with zero attached hydrogens (tertiary/aromatic N) is 2. The predicted octanol–water partition coefficient (Wildman–Crippen LogP) is 2.28. The number of carbonyl (C=O) groups excluding carboxylic acids is 1. The van der Waals surface area contributed by atoms with Gasteiger partial charge < -0.3 is 4.57 Å². The van der Waals surface area contributed by atoms with Gasteiger partial charge in [-0.15, -0.1) is 0 Å². The Kier molecular flexibility index (Phi) is 1.91. The van der Waals surface area contributed by atoms with Gasteiger partial charge in [0.15, 0.2) is 0 Å². The van der Waals surface area contributed by atoms with Gasteiger partial charge in [-0.3, -0.25) is 0 Å². The summed E-state index contributed by atoms with van der Waals surface area (Å²) in [5.74, 6) is -0.378. The Balaban J connectivity index is 2.92. The third-order valence-electron chi connectivity index (χ3n) is 2.11. The average molecular weight is 190 g/mol. The Morgan fingerprint density at radius 1 is 1.50 bits per heavy atom. The molecule has 0 bridgehead atoms. The van der Waals surface area contributed by atoms with Crippen molar-refractivity contribution in [3.05, 3.63) is 30.2 Å². The van der Waals surface area contributed by atoms with Gasteiger partial charge in [0, 0.05) is 13.2 Å². The number of aryl methyl sites for hydroxylation is 1. The molecule has 2 aromatic rings. The average Bonchev–Trinajstić information content (AvgIpc) is 2.46. The molecule has 0 aliphatic heterocycles. The molecule has 0 unspecified atom stereocenters. The van der Waals surface area contributed by atoms with E-state index in [4.69, 9.17) is 0 Å². The summed E-state index contributed by atoms with van der Waals surface area (Å²) in [5.41, 5.74) is 1.02. The van der Waals surface area contributed by atoms with E-state index in [0.29, 0.717) is 16.6 Å². The third kappa shape index (κ3) is 1.13. The number of aromatic nitrogens is 1. The Hall–Kier alpha value is -1.93. The highest BCUT2D eigenvalue weighted by Gasteiger charge is 2.09. The molecule has 0 fully saturated rings. The number of benzene rings is 1. The van der Waals surface area contributed by atoms with Crippen molar-refractivity contribution < 1.29 is 9.18 Å². The van der Waals surface area contributed by atoms with Crippen LogP contribution in [0.5, 0.6) is 0 Å². The fraction of sp³-hybridized carbons (Fsp3) is 0.100. The number of hydrogen-bond donors (Lipinski definition) is 0. The summed E-state index contributed by atoms with van der Waals surface area (Å²) in [4.78, 5) is 13.6. The highest BCUT2D eigenvalue weighted by molar-refractivity contribution is 5.92. The molecule has 0 aliphatic carbocycles. The van der Waals surface area contributed by atoms with Crippen molar-refractivity contribution in [1.29, 1.82) is 0 Å². The summed E-state index contributed by atoms with van der Waals surface area (Å²) in [6.07, 6.45) is 3.01. The molecule has 4 heteroatoms. The number of hydrogen-bond acceptors (Lipinski definition) is 2. The molecule has 2 rings (SSSR count). The van der Waals surface area contributed by atoms with E-state index in [9.17, 15) is 9.18 Å². The highest BCUT2D eigenvalue weighted by atomic mass is 19.1. The summed E-state index contributed by atoms with van der Waals surface area (Å²) in [5, 5.41) is 0.360. The fourth-order valence-electron chi connectivity index (χ4n) is 1.51. The Morgan fingerprint density at radius 2 is 2.29 bits per heavy atom. The number of fused-ring (bicyclic) bond motifs is 1. The van der Waals surface area contributed by atoms with Crippen molar-refractivity contribution in [2.24, 2.45) is 12.0 Å². The van der Waals surface area contributed by atoms with Crippen LogP contribution in [0.2, 0.25) is 0 Å². The van der Waals surface area contributed by atoms with Gasteiger partial charge in [0.2, 0.25) is 6.08 Å². The van der Waals surface area contributed by atoms with Gasteiger partial charge in [-0.05, 0) is 12.1 Å². The standard InChI is InChI=1S/C10H7FN2O/c1-13-5-8(12-6-14)10-7(11)3-2-4-9(10)13/h2-5H,1H3. The molecule has 0 aliphatic rings. The van der Waals surface area contributed by atoms with Crippen LogP contribution in [-0.2, 0) is 11.8 Å². The molecule has 0 spiro atoms. The minimum absolute atomic E-state index is 0.315. The summed E-state index contributed by atoms with van der Waals surface area (Å²) in [6, 6.07) is 4.72. The molecule has 0 radical (unpaired) electrons. The number of halogens is 1. The predicted molar refractivity (Wildman–Crippen MR) is 50.7 cm³/mol. The largest absolute Gasteiger partial charge is 0.348 e. The van der Waals surface area contributed by atoms with Crippen molar-refractivity contribution >= 4 is 22.7 Å². The van der Waals surface area contributed by atoms with Crippen molar-refractivity contribution in [3.8, 4) is 0 Å². The second kappa shape index (κ2) is 3.09. The van der Waals surface area contributed by atoms with Crippen molar-refractivity contribution in [3.63, 3.8) is 0 Å². The fourth-order valence-corrected chi connectivity index (χ4v) is 1.51. The molecule has 0 amide bonds. The van der Waals surface area contributed by atoms with E-state index in [0.717, 1.165) is 0 Å². The quantitative estimate of drug-likeness (QED) is 0.501. The van der Waals surface area contributed by atoms with E-state index >= 15 is 0 Å². The highest BCUT2D eigenvalue weighted by Crippen LogP contribution is 2.29. The zero-order chi connectivity index (χ0) is 10.1. The van der Waals surface area contributed by atoms with E-state index in [-0.39, 0.29) is 5.82 Å². The summed E-state index contributed by atoms with van der Waals surface area (Å²) in [7, 11) is 1.77. The Labute approximate surface area is 79.5 Å². The molecule has 3 nitrogen and oxygen atoms in total. The smallest absolute Gasteiger partial charge is 0.240 e. The first-order chi connectivity index (χ1) is 6.74. The minimum Gasteiger partial charge on any atom is -0.348 e. The van der Waals surface area contributed by atoms with Gasteiger partial charge in [-0.1, -0.05) is 6.07 Å². The summed E-state index contributed by atoms with van der Waals surface area (Å²) >= 11 is 0. The molecule has 0 N–H and O–H groups in total. The van der Waals surface area contributed by atoms with Gasteiger partial charge in [0.1, 0.15) is 11.5 Å². The molecule has 1 aromatic heterocycles. The molecule has 70 valence electrons. The second-order valence-corrected chi connectivity index (χ2v) is 2.96. The maximum atomic E-state index is 13.4. The monoisotopic (exact) mass is 190 g/mol. The van der Waals surface area contributed by atoms with E-state index in [2.05, 4.69) is 4.99 Å². The molecular formula is C10H7FN2O. The van der Waals surface area contributed by atoms with Gasteiger partial charge in [-0.25, -0.2) is 9.18 Å². The van der Waals surface area contributed by atoms with Crippen LogP contribution in [0.25, 0.3) is 10.9 Å². The number of rotatable bonds is 1. The van der Waals surface area contributed by atoms with Crippen molar-refractivity contribution in [2.75, 3.05) is 0 Å². The lowest BCUT2D eigenvalue weighted by molar-refractivity contribution is 0.565. The van der Waals surface area contributed by atoms with E-state index < -0.39 is 0 Å². The zero-order valence-corrected chi connectivity index (χ0v) is 7.49. The van der Waals surface area contributed by atoms with Crippen LogP contribution in [0.1, 0.15) is 0 Å². The minimum atomic E-state index is -0.378. The van der Waals surface area contributed by atoms with Crippen LogP contribution in [0, 0.1) is 5.82 Å². The Morgan fingerprint density at radius 3 is 3.00 bits per heavy atom. The lowest BCUT2D eigenvalue weighted by Gasteiger charge is -1.94. The molecule has 1 heterocycles. The van der Waals surface area contributed by atoms with E-state index in [1.165, 1.54) is 12.1 Å². The topological polar surface area (TPSA) is 34.4 Å². The Bertz CT molecular complexity index is 538. The zero-order valence-electron chi connectivity index (χ0n) is 7.49. The maximum Gasteiger partial charge on any atom is 0.240 e. The van der Waals surface area contributed by atoms with Gasteiger partial charge in [0.25, 0.3) is 0 Å². The molecular weight excluding hydrogens is 183 g/mol. The molecule has 0 saturated carbocycles. The first-order valence-electron chi connectivity index (χ1n) is 4.05. The van der Waals surface area contributed by atoms with Crippen molar-refractivity contribution in [1.82, 2.24) is 4.57 Å². The SMILES string of the molecule is Cn1cc(N=C=O)c2c(F)cccc21. The second-order valence-electron chi connectivity index (χ2n) is 2.96. The molecule has 0 atom stereocenters. The van der Waals surface area contributed by atoms with Crippen LogP contribution in [-0.4, -0.2) is 10.6 Å². The summed E-state index contributed by atoms with van der Waals surface area (Å²) in [6.45, 7) is 0. The van der Waals surface area contributed by atoms with Gasteiger partial charge >= 0.3 is 0 Å². The first kappa shape index (κ1) is 8.66. The van der Waals surface area contributed by atoms with Crippen LogP contribution >= 0.6 is 0 Å². The van der Waals surface area contributed by atoms with Gasteiger partial charge in [-0.2, -0.15) is 4.99 Å². The van der Waals surface area contributed by atoms with Crippen LogP contribution < -0.4 is 0 Å². The third-order valence-corrected chi connectivity index (χ3v) is 2.11. The normalized spacial score (nSPS) is 10.1. The van der Waals surface area contributed by atoms with Crippen LogP contribution in [0.15, 0.2) is 29.4 Å². The lowest BCUT2D eigenvalue weighted by atomic mass is 10.2. The molecule has 1 aromatic carbocycles. The maximum absolute atomic E-state index is 13.4. The van der Waals surface area contributed by atoms with Crippen LogP contribution in [0.4, 0.5) is 10.1 Å². The summed E-state index contributed by atoms with van der Waals surface area (Å²) < 4.78 is 15.1. The molecule has 14 heavy (non-hydrogen) atoms. The van der Waals surface area contributed by atoms with Crippen molar-refractivity contribution in [2.45, 2.75) is 0 Å². The number of aliphatic imine (C=N–C) groups is 1. The van der Waals surface area contributed by atoms with E-state index in [1.54, 1.807) is 29.9 Å². The van der Waals surface area contributed by atoms with Gasteiger partial charge in [0.05, 0.1) is 10.9 Å². The van der Waals surface area contributed by atoms with E-state index in [1.807, 2.05) is 0 Å².